The molecule has 0 amide bonds. The van der Waals surface area contributed by atoms with Gasteiger partial charge in [0, 0.05) is 6.07 Å². The van der Waals surface area contributed by atoms with E-state index in [0.29, 0.717) is 12.4 Å². The molecule has 0 heterocycles. The van der Waals surface area contributed by atoms with E-state index in [9.17, 15) is 8.76 Å². The van der Waals surface area contributed by atoms with Crippen LogP contribution >= 0.6 is 0 Å². The van der Waals surface area contributed by atoms with Gasteiger partial charge in [-0.3, -0.25) is 0 Å². The molecule has 0 aromatic heterocycles. The van der Waals surface area contributed by atoms with Crippen LogP contribution in [0.3, 0.4) is 0 Å². The van der Waals surface area contributed by atoms with E-state index in [-0.39, 0.29) is 11.4 Å². The Morgan fingerprint density at radius 1 is 1.57 bits per heavy atom. The molecule has 2 N–H and O–H groups in total. The Balaban J connectivity index is 2.84. The first kappa shape index (κ1) is 10.8. The van der Waals surface area contributed by atoms with Gasteiger partial charge in [-0.1, -0.05) is 0 Å². The molecule has 1 rings (SSSR count). The van der Waals surface area contributed by atoms with Crippen LogP contribution in [0.25, 0.3) is 0 Å². The van der Waals surface area contributed by atoms with Crippen molar-refractivity contribution in [1.29, 1.82) is 0 Å². The molecule has 0 saturated carbocycles. The van der Waals surface area contributed by atoms with Gasteiger partial charge in [-0.15, -0.1) is 0 Å². The van der Waals surface area contributed by atoms with E-state index in [1.54, 1.807) is 6.07 Å². The molecule has 0 aliphatic heterocycles. The Morgan fingerprint density at radius 2 is 2.29 bits per heavy atom. The van der Waals surface area contributed by atoms with Crippen LogP contribution in [-0.2, 0) is 11.4 Å². The van der Waals surface area contributed by atoms with Crippen molar-refractivity contribution in [3.63, 3.8) is 0 Å². The Hall–Kier alpha value is -1.27. The first-order valence-corrected chi connectivity index (χ1v) is 4.93. The summed E-state index contributed by atoms with van der Waals surface area (Å²) in [6.45, 7) is 2.36. The van der Waals surface area contributed by atoms with Crippen molar-refractivity contribution in [2.45, 2.75) is 6.92 Å². The Kier molecular flexibility index (Phi) is 3.73. The average Bonchev–Trinajstić information content (AvgIpc) is 2.10. The summed E-state index contributed by atoms with van der Waals surface area (Å²) in [5.74, 6) is 0.677. The highest BCUT2D eigenvalue weighted by Crippen LogP contribution is 2.26. The maximum absolute atomic E-state index is 10.2. The third-order valence-electron chi connectivity index (χ3n) is 1.45. The lowest BCUT2D eigenvalue weighted by Crippen LogP contribution is -2.01. The summed E-state index contributed by atoms with van der Waals surface area (Å²) < 4.78 is 30.0. The fraction of sp³-hybridized carbons (Fsp3) is 0.250. The summed E-state index contributed by atoms with van der Waals surface area (Å²) >= 11 is -2.61. The SMILES string of the molecule is CCOc1ccc(OS(=O)[O-])c(N)c1. The number of anilines is 1. The van der Waals surface area contributed by atoms with Crippen molar-refractivity contribution >= 4 is 17.0 Å². The Morgan fingerprint density at radius 3 is 2.79 bits per heavy atom. The number of nitrogens with two attached hydrogens (primary N) is 1. The normalized spacial score (nSPS) is 12.1. The van der Waals surface area contributed by atoms with E-state index in [4.69, 9.17) is 10.5 Å². The van der Waals surface area contributed by atoms with Crippen molar-refractivity contribution in [3.8, 4) is 11.5 Å². The summed E-state index contributed by atoms with van der Waals surface area (Å²) in [5.41, 5.74) is 5.74. The highest BCUT2D eigenvalue weighted by molar-refractivity contribution is 7.74. The summed E-state index contributed by atoms with van der Waals surface area (Å²) in [6, 6.07) is 4.53. The van der Waals surface area contributed by atoms with Gasteiger partial charge in [0.15, 0.2) is 5.75 Å². The Labute approximate surface area is 84.3 Å². The number of hydrogen-bond donors (Lipinski definition) is 1. The van der Waals surface area contributed by atoms with E-state index in [1.165, 1.54) is 12.1 Å². The summed E-state index contributed by atoms with van der Waals surface area (Å²) in [5, 5.41) is 0. The average molecular weight is 216 g/mol. The lowest BCUT2D eigenvalue weighted by Gasteiger charge is -2.10. The maximum atomic E-state index is 10.2. The van der Waals surface area contributed by atoms with Crippen molar-refractivity contribution in [2.75, 3.05) is 12.3 Å². The molecule has 0 aliphatic rings. The predicted octanol–water partition coefficient (Wildman–Crippen LogP) is 0.840. The Bertz CT molecular complexity index is 342. The van der Waals surface area contributed by atoms with Crippen LogP contribution in [0.5, 0.6) is 11.5 Å². The first-order valence-electron chi connectivity index (χ1n) is 3.93. The van der Waals surface area contributed by atoms with E-state index in [0.717, 1.165) is 0 Å². The minimum Gasteiger partial charge on any atom is -0.740 e. The van der Waals surface area contributed by atoms with Gasteiger partial charge in [-0.25, -0.2) is 4.21 Å². The molecule has 1 aromatic carbocycles. The monoisotopic (exact) mass is 216 g/mol. The maximum Gasteiger partial charge on any atom is 0.162 e. The smallest absolute Gasteiger partial charge is 0.162 e. The molecule has 1 atom stereocenters. The lowest BCUT2D eigenvalue weighted by molar-refractivity contribution is 0.340. The molecule has 0 fully saturated rings. The van der Waals surface area contributed by atoms with Gasteiger partial charge in [-0.05, 0) is 19.1 Å². The molecule has 14 heavy (non-hydrogen) atoms. The van der Waals surface area contributed by atoms with Crippen molar-refractivity contribution in [1.82, 2.24) is 0 Å². The molecule has 1 aromatic rings. The number of ether oxygens (including phenoxy) is 1. The van der Waals surface area contributed by atoms with Crippen LogP contribution in [0.1, 0.15) is 6.92 Å². The van der Waals surface area contributed by atoms with Gasteiger partial charge in [0.25, 0.3) is 0 Å². The highest BCUT2D eigenvalue weighted by atomic mass is 32.2. The topological polar surface area (TPSA) is 84.6 Å². The third kappa shape index (κ3) is 2.90. The fourth-order valence-corrected chi connectivity index (χ4v) is 1.23. The second-order valence-electron chi connectivity index (χ2n) is 2.42. The summed E-state index contributed by atoms with van der Waals surface area (Å²) in [4.78, 5) is 0. The van der Waals surface area contributed by atoms with Crippen LogP contribution in [-0.4, -0.2) is 15.4 Å². The van der Waals surface area contributed by atoms with Gasteiger partial charge < -0.3 is 19.2 Å². The van der Waals surface area contributed by atoms with Crippen LogP contribution < -0.4 is 14.7 Å². The van der Waals surface area contributed by atoms with Crippen LogP contribution in [0.2, 0.25) is 0 Å². The molecule has 0 bridgehead atoms. The quantitative estimate of drug-likeness (QED) is 0.595. The first-order chi connectivity index (χ1) is 6.63. The largest absolute Gasteiger partial charge is 0.740 e. The van der Waals surface area contributed by atoms with Crippen molar-refractivity contribution in [2.24, 2.45) is 0 Å². The summed E-state index contributed by atoms with van der Waals surface area (Å²) in [6.07, 6.45) is 0. The molecule has 0 radical (unpaired) electrons. The molecule has 5 nitrogen and oxygen atoms in total. The summed E-state index contributed by atoms with van der Waals surface area (Å²) in [7, 11) is 0. The van der Waals surface area contributed by atoms with Gasteiger partial charge >= 0.3 is 0 Å². The minimum absolute atomic E-state index is 0.0989. The van der Waals surface area contributed by atoms with E-state index < -0.39 is 11.4 Å². The van der Waals surface area contributed by atoms with Gasteiger partial charge in [0.1, 0.15) is 17.1 Å². The molecule has 0 aliphatic carbocycles. The van der Waals surface area contributed by atoms with E-state index in [2.05, 4.69) is 4.18 Å². The number of benzene rings is 1. The second kappa shape index (κ2) is 4.83. The zero-order valence-corrected chi connectivity index (χ0v) is 8.37. The molecule has 0 spiro atoms. The van der Waals surface area contributed by atoms with Crippen LogP contribution in [0.15, 0.2) is 18.2 Å². The van der Waals surface area contributed by atoms with Crippen molar-refractivity contribution < 1.29 is 17.7 Å². The van der Waals surface area contributed by atoms with Crippen LogP contribution in [0, 0.1) is 0 Å². The molecular formula is C8H10NO4S-. The fourth-order valence-electron chi connectivity index (χ4n) is 0.932. The third-order valence-corrected chi connectivity index (χ3v) is 1.77. The molecule has 6 heteroatoms. The van der Waals surface area contributed by atoms with Crippen LogP contribution in [0.4, 0.5) is 5.69 Å². The van der Waals surface area contributed by atoms with Gasteiger partial charge in [0.05, 0.1) is 12.3 Å². The standard InChI is InChI=1S/C8H11NO4S/c1-2-12-6-3-4-8(7(9)5-6)13-14(10)11/h3-5H,2,9H2,1H3,(H,10,11)/p-1. The number of nitrogen functional groups attached to an aromatic ring is 1. The lowest BCUT2D eigenvalue weighted by atomic mass is 10.3. The van der Waals surface area contributed by atoms with Gasteiger partial charge in [-0.2, -0.15) is 0 Å². The minimum atomic E-state index is -2.61. The highest BCUT2D eigenvalue weighted by Gasteiger charge is 2.02. The van der Waals surface area contributed by atoms with E-state index >= 15 is 0 Å². The van der Waals surface area contributed by atoms with Gasteiger partial charge in [0.2, 0.25) is 0 Å². The number of rotatable bonds is 4. The zero-order chi connectivity index (χ0) is 10.6. The van der Waals surface area contributed by atoms with Crippen molar-refractivity contribution in [3.05, 3.63) is 18.2 Å². The predicted molar refractivity (Wildman–Crippen MR) is 51.6 cm³/mol. The molecular weight excluding hydrogens is 206 g/mol. The molecule has 78 valence electrons. The zero-order valence-electron chi connectivity index (χ0n) is 7.56. The molecule has 1 unspecified atom stereocenters. The van der Waals surface area contributed by atoms with E-state index in [1.807, 2.05) is 6.92 Å². The molecule has 0 saturated heterocycles. The second-order valence-corrected chi connectivity index (χ2v) is 3.00. The number of hydrogen-bond acceptors (Lipinski definition) is 5.